The highest BCUT2D eigenvalue weighted by atomic mass is 19.4. The number of phenols is 1. The Morgan fingerprint density at radius 2 is 1.83 bits per heavy atom. The monoisotopic (exact) mass is 349 g/mol. The molecule has 3 N–H and O–H groups in total. The number of phenolic OH excluding ortho intramolecular Hbond substituents is 1. The van der Waals surface area contributed by atoms with Crippen molar-refractivity contribution in [2.24, 2.45) is 0 Å². The van der Waals surface area contributed by atoms with Gasteiger partial charge in [-0.3, -0.25) is 10.1 Å². The quantitative estimate of drug-likeness (QED) is 0.718. The molecule has 0 aliphatic rings. The van der Waals surface area contributed by atoms with Crippen LogP contribution >= 0.6 is 0 Å². The molecule has 0 saturated heterocycles. The first kappa shape index (κ1) is 19.6. The number of alkyl halides is 3. The van der Waals surface area contributed by atoms with Gasteiger partial charge in [0.15, 0.2) is 0 Å². The van der Waals surface area contributed by atoms with Crippen molar-refractivity contribution in [3.05, 3.63) is 23.8 Å². The van der Waals surface area contributed by atoms with E-state index in [4.69, 9.17) is 9.84 Å². The minimum absolute atomic E-state index is 0.286. The van der Waals surface area contributed by atoms with Crippen LogP contribution in [0, 0.1) is 0 Å². The second-order valence-corrected chi connectivity index (χ2v) is 6.09. The first-order valence-electron chi connectivity index (χ1n) is 6.91. The number of ether oxygens (including phenoxy) is 1. The fourth-order valence-electron chi connectivity index (χ4n) is 1.94. The van der Waals surface area contributed by atoms with Gasteiger partial charge in [-0.1, -0.05) is 0 Å². The summed E-state index contributed by atoms with van der Waals surface area (Å²) in [6.07, 6.45) is -7.11. The van der Waals surface area contributed by atoms with Crippen LogP contribution in [-0.4, -0.2) is 34.1 Å². The maximum Gasteiger partial charge on any atom is 0.412 e. The number of halogens is 3. The Hall–Kier alpha value is -2.45. The molecule has 0 aromatic heterocycles. The van der Waals surface area contributed by atoms with Crippen LogP contribution in [0.2, 0.25) is 0 Å². The van der Waals surface area contributed by atoms with E-state index in [0.717, 1.165) is 18.2 Å². The molecule has 1 atom stereocenters. The van der Waals surface area contributed by atoms with Gasteiger partial charge in [0.25, 0.3) is 0 Å². The van der Waals surface area contributed by atoms with Gasteiger partial charge in [-0.2, -0.15) is 13.2 Å². The molecular weight excluding hydrogens is 331 g/mol. The van der Waals surface area contributed by atoms with E-state index in [2.05, 4.69) is 5.32 Å². The minimum Gasteiger partial charge on any atom is -0.508 e. The number of hydrogen-bond acceptors (Lipinski definition) is 4. The maximum absolute atomic E-state index is 13.2. The lowest BCUT2D eigenvalue weighted by Gasteiger charge is -2.24. The molecule has 1 aromatic carbocycles. The van der Waals surface area contributed by atoms with Crippen LogP contribution in [0.3, 0.4) is 0 Å². The van der Waals surface area contributed by atoms with Gasteiger partial charge >= 0.3 is 18.2 Å². The summed E-state index contributed by atoms with van der Waals surface area (Å²) in [7, 11) is 0. The number of rotatable bonds is 4. The van der Waals surface area contributed by atoms with E-state index in [0.29, 0.717) is 0 Å². The summed E-state index contributed by atoms with van der Waals surface area (Å²) in [6.45, 7) is 4.73. The Labute approximate surface area is 136 Å². The lowest BCUT2D eigenvalue weighted by atomic mass is 9.93. The smallest absolute Gasteiger partial charge is 0.412 e. The fourth-order valence-corrected chi connectivity index (χ4v) is 1.94. The molecule has 1 amide bonds. The van der Waals surface area contributed by atoms with Gasteiger partial charge in [0.2, 0.25) is 0 Å². The van der Waals surface area contributed by atoms with Crippen molar-refractivity contribution in [3.8, 4) is 5.75 Å². The summed E-state index contributed by atoms with van der Waals surface area (Å²) in [5.74, 6) is -4.55. The van der Waals surface area contributed by atoms with Crippen molar-refractivity contribution in [1.29, 1.82) is 0 Å². The Bertz CT molecular complexity index is 623. The lowest BCUT2D eigenvalue weighted by Crippen LogP contribution is -2.29. The molecule has 1 unspecified atom stereocenters. The number of hydrogen-bond donors (Lipinski definition) is 3. The molecule has 6 nitrogen and oxygen atoms in total. The van der Waals surface area contributed by atoms with Crippen molar-refractivity contribution >= 4 is 17.7 Å². The van der Waals surface area contributed by atoms with E-state index in [1.54, 1.807) is 20.8 Å². The molecule has 134 valence electrons. The van der Waals surface area contributed by atoms with Crippen molar-refractivity contribution in [1.82, 2.24) is 0 Å². The summed E-state index contributed by atoms with van der Waals surface area (Å²) in [6, 6.07) is 2.90. The van der Waals surface area contributed by atoms with Crippen LogP contribution < -0.4 is 5.32 Å². The summed E-state index contributed by atoms with van der Waals surface area (Å²) in [4.78, 5) is 22.5. The highest BCUT2D eigenvalue weighted by Gasteiger charge is 2.43. The predicted octanol–water partition coefficient (Wildman–Crippen LogP) is 3.86. The maximum atomic E-state index is 13.2. The van der Waals surface area contributed by atoms with E-state index >= 15 is 0 Å². The number of carbonyl (C=O) groups excluding carboxylic acids is 1. The lowest BCUT2D eigenvalue weighted by molar-refractivity contribution is -0.163. The molecule has 0 spiro atoms. The first-order valence-corrected chi connectivity index (χ1v) is 6.91. The molecule has 24 heavy (non-hydrogen) atoms. The SMILES string of the molecule is CC(C)(C)OC(=O)Nc1ccc(O)cc1C(CC(=O)O)C(F)(F)F. The van der Waals surface area contributed by atoms with Gasteiger partial charge in [-0.15, -0.1) is 0 Å². The average molecular weight is 349 g/mol. The largest absolute Gasteiger partial charge is 0.508 e. The standard InChI is InChI=1S/C15H18F3NO5/c1-14(2,3)24-13(23)19-11-5-4-8(20)6-9(11)10(7-12(21)22)15(16,17)18/h4-6,10,20H,7H2,1-3H3,(H,19,23)(H,21,22). The van der Waals surface area contributed by atoms with E-state index in [-0.39, 0.29) is 5.69 Å². The molecule has 9 heteroatoms. The van der Waals surface area contributed by atoms with Gasteiger partial charge in [-0.25, -0.2) is 4.79 Å². The van der Waals surface area contributed by atoms with Gasteiger partial charge in [0.1, 0.15) is 11.4 Å². The van der Waals surface area contributed by atoms with E-state index in [9.17, 15) is 27.9 Å². The van der Waals surface area contributed by atoms with Gasteiger partial charge in [0.05, 0.1) is 12.3 Å². The predicted molar refractivity (Wildman–Crippen MR) is 79.0 cm³/mol. The summed E-state index contributed by atoms with van der Waals surface area (Å²) >= 11 is 0. The van der Waals surface area contributed by atoms with Crippen LogP contribution in [0.4, 0.5) is 23.7 Å². The Kier molecular flexibility index (Phi) is 5.70. The summed E-state index contributed by atoms with van der Waals surface area (Å²) in [5, 5.41) is 20.3. The molecular formula is C15H18F3NO5. The van der Waals surface area contributed by atoms with Crippen LogP contribution in [0.25, 0.3) is 0 Å². The first-order chi connectivity index (χ1) is 10.8. The molecule has 0 saturated carbocycles. The van der Waals surface area contributed by atoms with Crippen molar-refractivity contribution in [3.63, 3.8) is 0 Å². The normalized spacial score (nSPS) is 13.2. The van der Waals surface area contributed by atoms with Crippen LogP contribution in [0.1, 0.15) is 38.7 Å². The zero-order valence-corrected chi connectivity index (χ0v) is 13.3. The molecule has 0 heterocycles. The second-order valence-electron chi connectivity index (χ2n) is 6.09. The van der Waals surface area contributed by atoms with Crippen LogP contribution in [-0.2, 0) is 9.53 Å². The third kappa shape index (κ3) is 5.98. The number of carbonyl (C=O) groups is 2. The summed E-state index contributed by atoms with van der Waals surface area (Å²) < 4.78 is 44.6. The third-order valence-corrected chi connectivity index (χ3v) is 2.82. The fraction of sp³-hybridized carbons (Fsp3) is 0.467. The zero-order chi connectivity index (χ0) is 18.7. The van der Waals surface area contributed by atoms with Gasteiger partial charge < -0.3 is 14.9 Å². The Balaban J connectivity index is 3.23. The van der Waals surface area contributed by atoms with Gasteiger partial charge in [0, 0.05) is 5.69 Å². The molecule has 0 bridgehead atoms. The second kappa shape index (κ2) is 6.98. The molecule has 1 rings (SSSR count). The number of amides is 1. The van der Waals surface area contributed by atoms with Crippen LogP contribution in [0.5, 0.6) is 5.75 Å². The zero-order valence-electron chi connectivity index (χ0n) is 13.3. The number of benzene rings is 1. The number of nitrogens with one attached hydrogen (secondary N) is 1. The van der Waals surface area contributed by atoms with E-state index in [1.807, 2.05) is 0 Å². The number of aliphatic carboxylic acids is 1. The van der Waals surface area contributed by atoms with E-state index in [1.165, 1.54) is 0 Å². The molecule has 0 aliphatic carbocycles. The number of carboxylic acid groups (broad SMARTS) is 1. The number of carboxylic acids is 1. The number of aromatic hydroxyl groups is 1. The molecule has 0 aliphatic heterocycles. The number of anilines is 1. The topological polar surface area (TPSA) is 95.9 Å². The summed E-state index contributed by atoms with van der Waals surface area (Å²) in [5.41, 5.74) is -1.72. The molecule has 0 fully saturated rings. The van der Waals surface area contributed by atoms with E-state index < -0.39 is 47.5 Å². The van der Waals surface area contributed by atoms with Crippen molar-refractivity contribution in [2.75, 3.05) is 5.32 Å². The average Bonchev–Trinajstić information content (AvgIpc) is 2.34. The van der Waals surface area contributed by atoms with Crippen molar-refractivity contribution < 1.29 is 37.7 Å². The highest BCUT2D eigenvalue weighted by molar-refractivity contribution is 5.86. The van der Waals surface area contributed by atoms with Crippen LogP contribution in [0.15, 0.2) is 18.2 Å². The Morgan fingerprint density at radius 1 is 1.25 bits per heavy atom. The minimum atomic E-state index is -4.88. The molecule has 0 radical (unpaired) electrons. The van der Waals surface area contributed by atoms with Crippen molar-refractivity contribution in [2.45, 2.75) is 44.9 Å². The van der Waals surface area contributed by atoms with Gasteiger partial charge in [-0.05, 0) is 44.5 Å². The highest BCUT2D eigenvalue weighted by Crippen LogP contribution is 2.41. The third-order valence-electron chi connectivity index (χ3n) is 2.82. The Morgan fingerprint density at radius 3 is 2.29 bits per heavy atom. The molecule has 1 aromatic rings.